The lowest BCUT2D eigenvalue weighted by Crippen LogP contribution is -2.09. The van der Waals surface area contributed by atoms with Crippen molar-refractivity contribution in [2.24, 2.45) is 0 Å². The third-order valence-electron chi connectivity index (χ3n) is 1.93. The van der Waals surface area contributed by atoms with Crippen LogP contribution in [0, 0.1) is 0 Å². The van der Waals surface area contributed by atoms with Crippen LogP contribution < -0.4 is 0 Å². The summed E-state index contributed by atoms with van der Waals surface area (Å²) in [5, 5.41) is 17.9. The van der Waals surface area contributed by atoms with Gasteiger partial charge in [0.1, 0.15) is 5.75 Å². The van der Waals surface area contributed by atoms with Crippen LogP contribution in [-0.4, -0.2) is 16.2 Å². The topological polar surface area (TPSA) is 57.5 Å². The van der Waals surface area contributed by atoms with Crippen LogP contribution >= 0.6 is 0 Å². The van der Waals surface area contributed by atoms with E-state index in [9.17, 15) is 18.7 Å². The maximum Gasteiger partial charge on any atom is 0.307 e. The van der Waals surface area contributed by atoms with E-state index in [1.165, 1.54) is 12.1 Å². The molecular weight excluding hydrogens is 206 g/mol. The van der Waals surface area contributed by atoms with Crippen LogP contribution in [0.3, 0.4) is 0 Å². The van der Waals surface area contributed by atoms with E-state index in [0.717, 1.165) is 6.07 Å². The maximum atomic E-state index is 12.9. The highest BCUT2D eigenvalue weighted by Gasteiger charge is 2.29. The first-order valence-electron chi connectivity index (χ1n) is 4.23. The molecule has 0 unspecified atom stereocenters. The van der Waals surface area contributed by atoms with Gasteiger partial charge >= 0.3 is 5.97 Å². The summed E-state index contributed by atoms with van der Waals surface area (Å²) in [7, 11) is 0. The van der Waals surface area contributed by atoms with Gasteiger partial charge in [0.05, 0.1) is 12.0 Å². The fourth-order valence-electron chi connectivity index (χ4n) is 1.25. The number of aromatic hydroxyl groups is 1. The van der Waals surface area contributed by atoms with Crippen molar-refractivity contribution in [3.63, 3.8) is 0 Å². The van der Waals surface area contributed by atoms with Crippen molar-refractivity contribution < 1.29 is 23.8 Å². The fourth-order valence-corrected chi connectivity index (χ4v) is 1.25. The summed E-state index contributed by atoms with van der Waals surface area (Å²) in [6.07, 6.45) is -0.476. The van der Waals surface area contributed by atoms with Crippen LogP contribution in [0.4, 0.5) is 8.78 Å². The molecule has 82 valence electrons. The Labute approximate surface area is 85.0 Å². The molecule has 0 radical (unpaired) electrons. The fraction of sp³-hybridized carbons (Fsp3) is 0.300. The highest BCUT2D eigenvalue weighted by atomic mass is 19.3. The van der Waals surface area contributed by atoms with E-state index in [4.69, 9.17) is 5.11 Å². The first-order valence-corrected chi connectivity index (χ1v) is 4.23. The predicted octanol–water partition coefficient (Wildman–Crippen LogP) is 2.13. The number of benzene rings is 1. The van der Waals surface area contributed by atoms with Crippen molar-refractivity contribution in [2.45, 2.75) is 19.3 Å². The largest absolute Gasteiger partial charge is 0.507 e. The minimum Gasteiger partial charge on any atom is -0.507 e. The van der Waals surface area contributed by atoms with E-state index >= 15 is 0 Å². The van der Waals surface area contributed by atoms with Crippen molar-refractivity contribution in [1.82, 2.24) is 0 Å². The predicted molar refractivity (Wildman–Crippen MR) is 49.0 cm³/mol. The van der Waals surface area contributed by atoms with Gasteiger partial charge in [-0.3, -0.25) is 4.79 Å². The normalized spacial score (nSPS) is 11.4. The van der Waals surface area contributed by atoms with Gasteiger partial charge in [0.2, 0.25) is 0 Å². The van der Waals surface area contributed by atoms with E-state index in [2.05, 4.69) is 0 Å². The number of alkyl halides is 2. The molecule has 1 aromatic rings. The van der Waals surface area contributed by atoms with E-state index in [-0.39, 0.29) is 5.56 Å². The van der Waals surface area contributed by atoms with Gasteiger partial charge in [-0.25, -0.2) is 8.78 Å². The number of hydrogen-bond donors (Lipinski definition) is 2. The molecule has 0 aromatic heterocycles. The molecule has 0 saturated heterocycles. The average molecular weight is 216 g/mol. The average Bonchev–Trinajstić information content (AvgIpc) is 2.05. The van der Waals surface area contributed by atoms with Gasteiger partial charge in [0.15, 0.2) is 0 Å². The van der Waals surface area contributed by atoms with Crippen LogP contribution in [0.2, 0.25) is 0 Å². The Bertz CT molecular complexity index is 383. The Balaban J connectivity index is 3.17. The second kappa shape index (κ2) is 3.84. The quantitative estimate of drug-likeness (QED) is 0.813. The van der Waals surface area contributed by atoms with E-state index in [1.807, 2.05) is 0 Å². The molecule has 0 fully saturated rings. The number of phenols is 1. The third kappa shape index (κ3) is 2.65. The van der Waals surface area contributed by atoms with Crippen molar-refractivity contribution >= 4 is 5.97 Å². The zero-order valence-electron chi connectivity index (χ0n) is 8.00. The smallest absolute Gasteiger partial charge is 0.307 e. The number of phenolic OH excluding ortho intramolecular Hbond substituents is 1. The van der Waals surface area contributed by atoms with Gasteiger partial charge in [0, 0.05) is 12.5 Å². The zero-order chi connectivity index (χ0) is 11.6. The summed E-state index contributed by atoms with van der Waals surface area (Å²) in [5.41, 5.74) is -0.567. The standard InChI is InChI=1S/C10H10F2O3/c1-10(11,12)7-4-2-3-6(9(7)15)5-8(13)14/h2-4,15H,5H2,1H3,(H,13,14). The summed E-state index contributed by atoms with van der Waals surface area (Å²) in [6.45, 7) is 0.645. The first-order chi connectivity index (χ1) is 6.82. The Morgan fingerprint density at radius 3 is 2.53 bits per heavy atom. The molecule has 0 atom stereocenters. The lowest BCUT2D eigenvalue weighted by Gasteiger charge is -2.14. The number of hydrogen-bond acceptors (Lipinski definition) is 2. The second-order valence-electron chi connectivity index (χ2n) is 3.27. The summed E-state index contributed by atoms with van der Waals surface area (Å²) in [6, 6.07) is 3.67. The maximum absolute atomic E-state index is 12.9. The number of para-hydroxylation sites is 1. The molecule has 5 heteroatoms. The molecular formula is C10H10F2O3. The summed E-state index contributed by atoms with van der Waals surface area (Å²) >= 11 is 0. The van der Waals surface area contributed by atoms with Gasteiger partial charge in [0.25, 0.3) is 5.92 Å². The number of aliphatic carboxylic acids is 1. The summed E-state index contributed by atoms with van der Waals surface area (Å²) in [5.74, 6) is -5.01. The molecule has 0 aliphatic rings. The minimum atomic E-state index is -3.18. The van der Waals surface area contributed by atoms with Crippen LogP contribution in [0.5, 0.6) is 5.75 Å². The third-order valence-corrected chi connectivity index (χ3v) is 1.93. The number of halogens is 2. The highest BCUT2D eigenvalue weighted by Crippen LogP contribution is 2.35. The van der Waals surface area contributed by atoms with Crippen molar-refractivity contribution in [3.8, 4) is 5.75 Å². The molecule has 0 aliphatic carbocycles. The first kappa shape index (κ1) is 11.4. The molecule has 3 nitrogen and oxygen atoms in total. The highest BCUT2D eigenvalue weighted by molar-refractivity contribution is 5.71. The Morgan fingerprint density at radius 2 is 2.07 bits per heavy atom. The molecule has 0 heterocycles. The molecule has 0 spiro atoms. The van der Waals surface area contributed by atoms with E-state index < -0.39 is 29.6 Å². The Morgan fingerprint density at radius 1 is 1.47 bits per heavy atom. The van der Waals surface area contributed by atoms with Gasteiger partial charge in [-0.1, -0.05) is 12.1 Å². The summed E-state index contributed by atoms with van der Waals surface area (Å²) in [4.78, 5) is 10.4. The van der Waals surface area contributed by atoms with Crippen LogP contribution in [0.25, 0.3) is 0 Å². The van der Waals surface area contributed by atoms with Crippen LogP contribution in [0.15, 0.2) is 18.2 Å². The number of carboxylic acid groups (broad SMARTS) is 1. The number of carbonyl (C=O) groups is 1. The van der Waals surface area contributed by atoms with Crippen molar-refractivity contribution in [1.29, 1.82) is 0 Å². The molecule has 0 aliphatic heterocycles. The monoisotopic (exact) mass is 216 g/mol. The molecule has 1 rings (SSSR count). The van der Waals surface area contributed by atoms with Gasteiger partial charge in [-0.05, 0) is 6.07 Å². The van der Waals surface area contributed by atoms with E-state index in [1.54, 1.807) is 0 Å². The number of rotatable bonds is 3. The van der Waals surface area contributed by atoms with Crippen LogP contribution in [0.1, 0.15) is 18.1 Å². The number of carboxylic acids is 1. The molecule has 0 amide bonds. The summed E-state index contributed by atoms with van der Waals surface area (Å²) < 4.78 is 25.9. The molecule has 0 saturated carbocycles. The van der Waals surface area contributed by atoms with Gasteiger partial charge in [-0.15, -0.1) is 0 Å². The molecule has 0 bridgehead atoms. The van der Waals surface area contributed by atoms with Crippen molar-refractivity contribution in [3.05, 3.63) is 29.3 Å². The SMILES string of the molecule is CC(F)(F)c1cccc(CC(=O)O)c1O. The van der Waals surface area contributed by atoms with Crippen LogP contribution in [-0.2, 0) is 17.1 Å². The van der Waals surface area contributed by atoms with Crippen molar-refractivity contribution in [2.75, 3.05) is 0 Å². The lowest BCUT2D eigenvalue weighted by atomic mass is 10.0. The Hall–Kier alpha value is -1.65. The lowest BCUT2D eigenvalue weighted by molar-refractivity contribution is -0.136. The van der Waals surface area contributed by atoms with Gasteiger partial charge in [-0.2, -0.15) is 0 Å². The second-order valence-corrected chi connectivity index (χ2v) is 3.27. The Kier molecular flexibility index (Phi) is 2.93. The van der Waals surface area contributed by atoms with Gasteiger partial charge < -0.3 is 10.2 Å². The minimum absolute atomic E-state index is 0.0125. The molecule has 2 N–H and O–H groups in total. The molecule has 1 aromatic carbocycles. The zero-order valence-corrected chi connectivity index (χ0v) is 8.00. The molecule has 15 heavy (non-hydrogen) atoms. The van der Waals surface area contributed by atoms with E-state index in [0.29, 0.717) is 6.92 Å².